The maximum Gasteiger partial charge on any atom is 0.243 e. The quantitative estimate of drug-likeness (QED) is 0.881. The van der Waals surface area contributed by atoms with Crippen LogP contribution in [-0.4, -0.2) is 25.8 Å². The third-order valence-electron chi connectivity index (χ3n) is 3.79. The lowest BCUT2D eigenvalue weighted by atomic mass is 10.1. The van der Waals surface area contributed by atoms with Gasteiger partial charge >= 0.3 is 0 Å². The van der Waals surface area contributed by atoms with Gasteiger partial charge in [0, 0.05) is 29.5 Å². The zero-order valence-electron chi connectivity index (χ0n) is 12.0. The minimum atomic E-state index is -3.52. The number of rotatable bonds is 4. The Bertz CT molecular complexity index is 726. The molecule has 2 rings (SSSR count). The van der Waals surface area contributed by atoms with Crippen LogP contribution in [0.4, 0.5) is 5.69 Å². The monoisotopic (exact) mass is 292 g/mol. The fourth-order valence-electron chi connectivity index (χ4n) is 2.17. The van der Waals surface area contributed by atoms with E-state index in [1.165, 1.54) is 4.31 Å². The highest BCUT2D eigenvalue weighted by molar-refractivity contribution is 7.89. The molecule has 4 nitrogen and oxygen atoms in total. The molecule has 0 heterocycles. The number of fused-ring (bicyclic) bond motifs is 1. The van der Waals surface area contributed by atoms with Crippen LogP contribution in [0.1, 0.15) is 20.3 Å². The van der Waals surface area contributed by atoms with E-state index < -0.39 is 10.0 Å². The lowest BCUT2D eigenvalue weighted by Gasteiger charge is -2.24. The Morgan fingerprint density at radius 3 is 2.35 bits per heavy atom. The molecule has 108 valence electrons. The summed E-state index contributed by atoms with van der Waals surface area (Å²) >= 11 is 0. The van der Waals surface area contributed by atoms with Gasteiger partial charge in [-0.3, -0.25) is 0 Å². The fraction of sp³-hybridized carbons (Fsp3) is 0.333. The summed E-state index contributed by atoms with van der Waals surface area (Å²) in [7, 11) is -1.90. The van der Waals surface area contributed by atoms with Crippen molar-refractivity contribution in [1.29, 1.82) is 0 Å². The first-order chi connectivity index (χ1) is 9.39. The van der Waals surface area contributed by atoms with Crippen LogP contribution in [0.5, 0.6) is 0 Å². The van der Waals surface area contributed by atoms with Gasteiger partial charge in [-0.1, -0.05) is 31.2 Å². The minimum Gasteiger partial charge on any atom is -0.398 e. The largest absolute Gasteiger partial charge is 0.398 e. The van der Waals surface area contributed by atoms with Gasteiger partial charge in [-0.2, -0.15) is 4.31 Å². The Balaban J connectivity index is 2.67. The molecule has 0 aliphatic carbocycles. The first kappa shape index (κ1) is 14.8. The number of nitrogen functional groups attached to an aromatic ring is 1. The van der Waals surface area contributed by atoms with Gasteiger partial charge < -0.3 is 5.73 Å². The van der Waals surface area contributed by atoms with Crippen LogP contribution in [0.15, 0.2) is 41.3 Å². The molecule has 0 aliphatic heterocycles. The topological polar surface area (TPSA) is 63.4 Å². The van der Waals surface area contributed by atoms with Crippen LogP contribution in [0.3, 0.4) is 0 Å². The van der Waals surface area contributed by atoms with Crippen LogP contribution in [-0.2, 0) is 10.0 Å². The van der Waals surface area contributed by atoms with Gasteiger partial charge in [0.05, 0.1) is 4.90 Å². The van der Waals surface area contributed by atoms with E-state index >= 15 is 0 Å². The van der Waals surface area contributed by atoms with Gasteiger partial charge in [0.25, 0.3) is 0 Å². The summed E-state index contributed by atoms with van der Waals surface area (Å²) in [5, 5.41) is 1.44. The first-order valence-corrected chi connectivity index (χ1v) is 8.08. The van der Waals surface area contributed by atoms with Crippen LogP contribution in [0, 0.1) is 0 Å². The van der Waals surface area contributed by atoms with Crippen molar-refractivity contribution in [2.45, 2.75) is 31.2 Å². The molecule has 0 spiro atoms. The smallest absolute Gasteiger partial charge is 0.243 e. The van der Waals surface area contributed by atoms with E-state index in [1.54, 1.807) is 25.2 Å². The van der Waals surface area contributed by atoms with Crippen molar-refractivity contribution in [3.05, 3.63) is 36.4 Å². The standard InChI is InChI=1S/C15H20N2O2S/c1-4-11(2)17(3)20(18,19)15-10-9-14(16)12-7-5-6-8-13(12)15/h5-11H,4,16H2,1-3H3. The molecule has 0 aliphatic rings. The van der Waals surface area contributed by atoms with E-state index in [-0.39, 0.29) is 6.04 Å². The van der Waals surface area contributed by atoms with E-state index in [2.05, 4.69) is 0 Å². The number of sulfonamides is 1. The van der Waals surface area contributed by atoms with Crippen LogP contribution in [0.2, 0.25) is 0 Å². The molecule has 5 heteroatoms. The maximum absolute atomic E-state index is 12.7. The second-order valence-electron chi connectivity index (χ2n) is 4.98. The average molecular weight is 292 g/mol. The molecule has 2 N–H and O–H groups in total. The maximum atomic E-state index is 12.7. The zero-order chi connectivity index (χ0) is 14.9. The molecule has 0 radical (unpaired) electrons. The Morgan fingerprint density at radius 1 is 1.15 bits per heavy atom. The van der Waals surface area contributed by atoms with E-state index in [1.807, 2.05) is 32.0 Å². The Hall–Kier alpha value is -1.59. The Morgan fingerprint density at radius 2 is 1.75 bits per heavy atom. The summed E-state index contributed by atoms with van der Waals surface area (Å²) < 4.78 is 26.9. The predicted octanol–water partition coefficient (Wildman–Crippen LogP) is 2.84. The molecule has 2 aromatic carbocycles. The summed E-state index contributed by atoms with van der Waals surface area (Å²) in [6.07, 6.45) is 0.767. The molecule has 0 bridgehead atoms. The highest BCUT2D eigenvalue weighted by Gasteiger charge is 2.26. The van der Waals surface area contributed by atoms with E-state index in [9.17, 15) is 8.42 Å². The number of hydrogen-bond acceptors (Lipinski definition) is 3. The van der Waals surface area contributed by atoms with Crippen molar-refractivity contribution < 1.29 is 8.42 Å². The lowest BCUT2D eigenvalue weighted by molar-refractivity contribution is 0.381. The van der Waals surface area contributed by atoms with Crippen molar-refractivity contribution in [2.75, 3.05) is 12.8 Å². The third-order valence-corrected chi connectivity index (χ3v) is 5.82. The number of benzene rings is 2. The molecule has 0 amide bonds. The molecule has 0 saturated carbocycles. The van der Waals surface area contributed by atoms with Gasteiger partial charge in [0.2, 0.25) is 10.0 Å². The summed E-state index contributed by atoms with van der Waals surface area (Å²) in [5.41, 5.74) is 6.51. The van der Waals surface area contributed by atoms with E-state index in [0.717, 1.165) is 11.8 Å². The molecular weight excluding hydrogens is 272 g/mol. The van der Waals surface area contributed by atoms with Crippen molar-refractivity contribution in [1.82, 2.24) is 4.31 Å². The summed E-state index contributed by atoms with van der Waals surface area (Å²) in [4.78, 5) is 0.310. The third kappa shape index (κ3) is 2.39. The van der Waals surface area contributed by atoms with Gasteiger partial charge in [-0.25, -0.2) is 8.42 Å². The van der Waals surface area contributed by atoms with Gasteiger partial charge in [-0.15, -0.1) is 0 Å². The van der Waals surface area contributed by atoms with Crippen LogP contribution >= 0.6 is 0 Å². The fourth-order valence-corrected chi connectivity index (χ4v) is 3.80. The number of anilines is 1. The summed E-state index contributed by atoms with van der Waals surface area (Å²) in [5.74, 6) is 0. The van der Waals surface area contributed by atoms with Gasteiger partial charge in [0.1, 0.15) is 0 Å². The molecule has 20 heavy (non-hydrogen) atoms. The molecule has 2 aromatic rings. The summed E-state index contributed by atoms with van der Waals surface area (Å²) in [6.45, 7) is 3.87. The highest BCUT2D eigenvalue weighted by Crippen LogP contribution is 2.30. The Labute approximate surface area is 120 Å². The van der Waals surface area contributed by atoms with Gasteiger partial charge in [-0.05, 0) is 25.5 Å². The first-order valence-electron chi connectivity index (χ1n) is 6.64. The van der Waals surface area contributed by atoms with Gasteiger partial charge in [0.15, 0.2) is 0 Å². The Kier molecular flexibility index (Phi) is 4.01. The predicted molar refractivity (Wildman–Crippen MR) is 83.1 cm³/mol. The average Bonchev–Trinajstić information content (AvgIpc) is 2.46. The van der Waals surface area contributed by atoms with Crippen molar-refractivity contribution in [3.8, 4) is 0 Å². The van der Waals surface area contributed by atoms with Crippen LogP contribution < -0.4 is 5.73 Å². The van der Waals surface area contributed by atoms with E-state index in [0.29, 0.717) is 16.0 Å². The lowest BCUT2D eigenvalue weighted by Crippen LogP contribution is -2.34. The van der Waals surface area contributed by atoms with E-state index in [4.69, 9.17) is 5.73 Å². The highest BCUT2D eigenvalue weighted by atomic mass is 32.2. The van der Waals surface area contributed by atoms with Crippen molar-refractivity contribution in [3.63, 3.8) is 0 Å². The molecule has 1 atom stereocenters. The molecule has 0 saturated heterocycles. The van der Waals surface area contributed by atoms with Crippen molar-refractivity contribution in [2.24, 2.45) is 0 Å². The number of hydrogen-bond donors (Lipinski definition) is 1. The second kappa shape index (κ2) is 5.42. The zero-order valence-corrected chi connectivity index (χ0v) is 12.8. The van der Waals surface area contributed by atoms with Crippen molar-refractivity contribution >= 4 is 26.5 Å². The second-order valence-corrected chi connectivity index (χ2v) is 6.94. The molecule has 0 fully saturated rings. The summed E-state index contributed by atoms with van der Waals surface area (Å²) in [6, 6.07) is 10.5. The molecule has 1 unspecified atom stereocenters. The minimum absolute atomic E-state index is 0.0451. The van der Waals surface area contributed by atoms with Crippen LogP contribution in [0.25, 0.3) is 10.8 Å². The molecule has 0 aromatic heterocycles. The molecular formula is C15H20N2O2S. The SMILES string of the molecule is CCC(C)N(C)S(=O)(=O)c1ccc(N)c2ccccc12. The normalized spacial score (nSPS) is 13.8. The number of nitrogens with zero attached hydrogens (tertiary/aromatic N) is 1. The number of nitrogens with two attached hydrogens (primary N) is 1.